The van der Waals surface area contributed by atoms with Gasteiger partial charge in [-0.2, -0.15) is 0 Å². The highest BCUT2D eigenvalue weighted by Gasteiger charge is 2.29. The number of nitrogens with zero attached hydrogens (tertiary/aromatic N) is 1. The van der Waals surface area contributed by atoms with Crippen molar-refractivity contribution in [3.63, 3.8) is 0 Å². The molecule has 1 amide bonds. The third kappa shape index (κ3) is 3.01. The van der Waals surface area contributed by atoms with E-state index in [0.717, 1.165) is 86.0 Å². The number of carbonyl (C=O) groups is 1. The van der Waals surface area contributed by atoms with Gasteiger partial charge in [0.15, 0.2) is 5.43 Å². The molecule has 0 bridgehead atoms. The highest BCUT2D eigenvalue weighted by Crippen LogP contribution is 2.28. The third-order valence-electron chi connectivity index (χ3n) is 6.14. The molecule has 4 rings (SSSR count). The van der Waals surface area contributed by atoms with Crippen molar-refractivity contribution in [1.29, 1.82) is 0 Å². The first-order valence-corrected chi connectivity index (χ1v) is 10.3. The van der Waals surface area contributed by atoms with Crippen LogP contribution in [0, 0.1) is 0 Å². The van der Waals surface area contributed by atoms with Crippen LogP contribution in [0.5, 0.6) is 0 Å². The van der Waals surface area contributed by atoms with Crippen LogP contribution in [0.1, 0.15) is 71.5 Å². The summed E-state index contributed by atoms with van der Waals surface area (Å²) in [7, 11) is 0. The minimum absolute atomic E-state index is 0.0276. The Hall–Kier alpha value is -2.36. The summed E-state index contributed by atoms with van der Waals surface area (Å²) in [5.74, 6) is -0.226. The van der Waals surface area contributed by atoms with Crippen LogP contribution >= 0.6 is 0 Å². The van der Waals surface area contributed by atoms with Crippen LogP contribution in [-0.4, -0.2) is 10.5 Å². The Morgan fingerprint density at radius 2 is 1.70 bits per heavy atom. The van der Waals surface area contributed by atoms with Crippen molar-refractivity contribution in [2.45, 2.75) is 71.8 Å². The minimum Gasteiger partial charge on any atom is -0.347 e. The minimum atomic E-state index is -0.226. The summed E-state index contributed by atoms with van der Waals surface area (Å²) in [6.45, 7) is 5.12. The maximum atomic E-state index is 13.3. The lowest BCUT2D eigenvalue weighted by Gasteiger charge is -2.25. The zero-order valence-electron chi connectivity index (χ0n) is 16.4. The van der Waals surface area contributed by atoms with E-state index in [9.17, 15) is 9.59 Å². The smallest absolute Gasteiger partial charge is 0.261 e. The van der Waals surface area contributed by atoms with E-state index in [2.05, 4.69) is 35.9 Å². The van der Waals surface area contributed by atoms with E-state index in [0.29, 0.717) is 5.56 Å². The summed E-state index contributed by atoms with van der Waals surface area (Å²) in [5.41, 5.74) is 6.53. The average molecular weight is 364 g/mol. The van der Waals surface area contributed by atoms with Gasteiger partial charge in [0.1, 0.15) is 5.56 Å². The molecule has 27 heavy (non-hydrogen) atoms. The molecule has 2 heterocycles. The summed E-state index contributed by atoms with van der Waals surface area (Å²) < 4.78 is 2.29. The van der Waals surface area contributed by atoms with Gasteiger partial charge in [-0.3, -0.25) is 9.59 Å². The SMILES string of the molecule is CCc1cccc(CC)c1NC(=O)c1c2n(c3c(c1=O)CCC3)CCCC2. The number of carbonyl (C=O) groups excluding carboxylic acids is 1. The molecular weight excluding hydrogens is 336 g/mol. The second kappa shape index (κ2) is 7.34. The third-order valence-corrected chi connectivity index (χ3v) is 6.14. The van der Waals surface area contributed by atoms with Gasteiger partial charge >= 0.3 is 0 Å². The first-order chi connectivity index (χ1) is 13.2. The lowest BCUT2D eigenvalue weighted by molar-refractivity contribution is 0.102. The van der Waals surface area contributed by atoms with E-state index < -0.39 is 0 Å². The summed E-state index contributed by atoms with van der Waals surface area (Å²) in [5, 5.41) is 3.13. The summed E-state index contributed by atoms with van der Waals surface area (Å²) in [6, 6.07) is 6.15. The van der Waals surface area contributed by atoms with Gasteiger partial charge in [0.2, 0.25) is 0 Å². The van der Waals surface area contributed by atoms with E-state index in [1.54, 1.807) is 0 Å². The molecule has 0 spiro atoms. The molecule has 0 unspecified atom stereocenters. The highest BCUT2D eigenvalue weighted by atomic mass is 16.2. The normalized spacial score (nSPS) is 15.3. The second-order valence-corrected chi connectivity index (χ2v) is 7.65. The number of amides is 1. The monoisotopic (exact) mass is 364 g/mol. The van der Waals surface area contributed by atoms with Crippen molar-refractivity contribution >= 4 is 11.6 Å². The van der Waals surface area contributed by atoms with E-state index >= 15 is 0 Å². The molecule has 0 saturated carbocycles. The van der Waals surface area contributed by atoms with E-state index in [1.165, 1.54) is 5.69 Å². The Balaban J connectivity index is 1.81. The van der Waals surface area contributed by atoms with Gasteiger partial charge in [-0.15, -0.1) is 0 Å². The van der Waals surface area contributed by atoms with E-state index in [4.69, 9.17) is 0 Å². The standard InChI is InChI=1S/C23H28N2O2/c1-3-15-9-7-10-16(4-2)21(15)24-23(27)20-19-12-5-6-14-25(19)18-13-8-11-17(18)22(20)26/h7,9-10H,3-6,8,11-14H2,1-2H3,(H,24,27). The number of nitrogens with one attached hydrogen (secondary N) is 1. The zero-order valence-corrected chi connectivity index (χ0v) is 16.4. The number of aromatic nitrogens is 1. The topological polar surface area (TPSA) is 51.1 Å². The Morgan fingerprint density at radius 3 is 2.41 bits per heavy atom. The molecule has 0 fully saturated rings. The zero-order chi connectivity index (χ0) is 19.0. The van der Waals surface area contributed by atoms with E-state index in [1.807, 2.05) is 6.07 Å². The lowest BCUT2D eigenvalue weighted by Crippen LogP contribution is -2.32. The van der Waals surface area contributed by atoms with Crippen molar-refractivity contribution in [2.24, 2.45) is 0 Å². The highest BCUT2D eigenvalue weighted by molar-refractivity contribution is 6.06. The van der Waals surface area contributed by atoms with Crippen LogP contribution in [0.25, 0.3) is 0 Å². The molecule has 1 aromatic heterocycles. The number of aryl methyl sites for hydroxylation is 2. The van der Waals surface area contributed by atoms with E-state index in [-0.39, 0.29) is 11.3 Å². The number of fused-ring (bicyclic) bond motifs is 3. The van der Waals surface area contributed by atoms with Gasteiger partial charge in [0, 0.05) is 29.2 Å². The van der Waals surface area contributed by atoms with Crippen molar-refractivity contribution in [2.75, 3.05) is 5.32 Å². The number of para-hydroxylation sites is 1. The van der Waals surface area contributed by atoms with Crippen LogP contribution < -0.4 is 10.7 Å². The number of hydrogen-bond donors (Lipinski definition) is 1. The molecule has 4 heteroatoms. The van der Waals surface area contributed by atoms with Crippen molar-refractivity contribution < 1.29 is 4.79 Å². The molecule has 1 N–H and O–H groups in total. The summed E-state index contributed by atoms with van der Waals surface area (Å²) in [4.78, 5) is 26.5. The van der Waals surface area contributed by atoms with Crippen LogP contribution in [-0.2, 0) is 38.6 Å². The first-order valence-electron chi connectivity index (χ1n) is 10.3. The molecule has 142 valence electrons. The summed E-state index contributed by atoms with van der Waals surface area (Å²) >= 11 is 0. The fourth-order valence-electron chi connectivity index (χ4n) is 4.76. The van der Waals surface area contributed by atoms with Gasteiger partial charge in [0.25, 0.3) is 5.91 Å². The van der Waals surface area contributed by atoms with Crippen molar-refractivity contribution in [3.05, 3.63) is 62.1 Å². The molecule has 1 aromatic carbocycles. The number of pyridine rings is 1. The molecule has 1 aliphatic carbocycles. The van der Waals surface area contributed by atoms with Crippen molar-refractivity contribution in [1.82, 2.24) is 4.57 Å². The lowest BCUT2D eigenvalue weighted by atomic mass is 9.97. The molecular formula is C23H28N2O2. The number of benzene rings is 1. The Morgan fingerprint density at radius 1 is 1.00 bits per heavy atom. The molecule has 0 atom stereocenters. The predicted octanol–water partition coefficient (Wildman–Crippen LogP) is 4.05. The van der Waals surface area contributed by atoms with Crippen molar-refractivity contribution in [3.8, 4) is 0 Å². The average Bonchev–Trinajstić information content (AvgIpc) is 3.19. The first kappa shape index (κ1) is 18.0. The number of anilines is 1. The fourth-order valence-corrected chi connectivity index (χ4v) is 4.76. The Kier molecular flexibility index (Phi) is 4.90. The number of hydrogen-bond acceptors (Lipinski definition) is 2. The van der Waals surface area contributed by atoms with Gasteiger partial charge in [0.05, 0.1) is 0 Å². The van der Waals surface area contributed by atoms with Crippen LogP contribution in [0.15, 0.2) is 23.0 Å². The second-order valence-electron chi connectivity index (χ2n) is 7.65. The Labute approximate surface area is 160 Å². The van der Waals surface area contributed by atoms with Crippen LogP contribution in [0.3, 0.4) is 0 Å². The van der Waals surface area contributed by atoms with Gasteiger partial charge in [-0.25, -0.2) is 0 Å². The summed E-state index contributed by atoms with van der Waals surface area (Å²) in [6.07, 6.45) is 7.50. The fraction of sp³-hybridized carbons (Fsp3) is 0.478. The maximum Gasteiger partial charge on any atom is 0.261 e. The van der Waals surface area contributed by atoms with Crippen LogP contribution in [0.4, 0.5) is 5.69 Å². The molecule has 0 radical (unpaired) electrons. The molecule has 2 aromatic rings. The van der Waals surface area contributed by atoms with Gasteiger partial charge < -0.3 is 9.88 Å². The van der Waals surface area contributed by atoms with Gasteiger partial charge in [-0.05, 0) is 62.5 Å². The largest absolute Gasteiger partial charge is 0.347 e. The number of rotatable bonds is 4. The molecule has 2 aliphatic rings. The molecule has 0 saturated heterocycles. The maximum absolute atomic E-state index is 13.3. The Bertz CT molecular complexity index is 934. The van der Waals surface area contributed by atoms with Crippen LogP contribution in [0.2, 0.25) is 0 Å². The quantitative estimate of drug-likeness (QED) is 0.890. The molecule has 4 nitrogen and oxygen atoms in total. The molecule has 1 aliphatic heterocycles. The predicted molar refractivity (Wildman–Crippen MR) is 109 cm³/mol. The van der Waals surface area contributed by atoms with Gasteiger partial charge in [-0.1, -0.05) is 32.0 Å².